The van der Waals surface area contributed by atoms with E-state index in [-0.39, 0.29) is 6.61 Å². The highest BCUT2D eigenvalue weighted by Gasteiger charge is 2.29. The summed E-state index contributed by atoms with van der Waals surface area (Å²) < 4.78 is 43.0. The van der Waals surface area contributed by atoms with Gasteiger partial charge in [0.2, 0.25) is 0 Å². The molecule has 0 unspecified atom stereocenters. The maximum atomic E-state index is 12.5. The molecule has 0 spiro atoms. The minimum atomic E-state index is -4.37. The van der Waals surface area contributed by atoms with Crippen molar-refractivity contribution in [3.63, 3.8) is 0 Å². The SMILES string of the molecule is O=C(O)Nc1c[nH]c2ccc(CCOc3ccc(C(F)(F)F)cc3)cc12. The zero-order valence-electron chi connectivity index (χ0n) is 13.4. The summed E-state index contributed by atoms with van der Waals surface area (Å²) in [6.45, 7) is 0.281. The van der Waals surface area contributed by atoms with Gasteiger partial charge in [-0.25, -0.2) is 4.79 Å². The molecule has 0 saturated heterocycles. The lowest BCUT2D eigenvalue weighted by atomic mass is 10.1. The van der Waals surface area contributed by atoms with Crippen molar-refractivity contribution in [1.82, 2.24) is 4.98 Å². The van der Waals surface area contributed by atoms with Gasteiger partial charge in [0, 0.05) is 23.5 Å². The summed E-state index contributed by atoms with van der Waals surface area (Å²) in [4.78, 5) is 13.8. The molecule has 3 N–H and O–H groups in total. The minimum Gasteiger partial charge on any atom is -0.493 e. The second kappa shape index (κ2) is 6.99. The number of hydrogen-bond acceptors (Lipinski definition) is 2. The third-order valence-corrected chi connectivity index (χ3v) is 3.83. The Morgan fingerprint density at radius 3 is 2.54 bits per heavy atom. The fourth-order valence-electron chi connectivity index (χ4n) is 2.57. The molecule has 3 rings (SSSR count). The zero-order chi connectivity index (χ0) is 18.7. The quantitative estimate of drug-likeness (QED) is 0.603. The van der Waals surface area contributed by atoms with Crippen LogP contribution in [0.3, 0.4) is 0 Å². The molecule has 1 heterocycles. The van der Waals surface area contributed by atoms with Crippen molar-refractivity contribution in [2.24, 2.45) is 0 Å². The van der Waals surface area contributed by atoms with Gasteiger partial charge in [-0.05, 0) is 42.0 Å². The van der Waals surface area contributed by atoms with Gasteiger partial charge in [0.05, 0.1) is 17.9 Å². The second-order valence-electron chi connectivity index (χ2n) is 5.63. The Morgan fingerprint density at radius 2 is 1.88 bits per heavy atom. The van der Waals surface area contributed by atoms with Crippen molar-refractivity contribution in [2.45, 2.75) is 12.6 Å². The fraction of sp³-hybridized carbons (Fsp3) is 0.167. The first-order valence-electron chi connectivity index (χ1n) is 7.73. The van der Waals surface area contributed by atoms with Crippen molar-refractivity contribution >= 4 is 22.7 Å². The van der Waals surface area contributed by atoms with E-state index >= 15 is 0 Å². The summed E-state index contributed by atoms with van der Waals surface area (Å²) in [5.74, 6) is 0.356. The number of ether oxygens (including phenoxy) is 1. The van der Waals surface area contributed by atoms with Crippen molar-refractivity contribution in [3.05, 3.63) is 59.8 Å². The van der Waals surface area contributed by atoms with Crippen LogP contribution >= 0.6 is 0 Å². The molecule has 0 aliphatic heterocycles. The first-order chi connectivity index (χ1) is 12.3. The molecule has 0 aliphatic carbocycles. The number of carbonyl (C=O) groups is 1. The number of fused-ring (bicyclic) bond motifs is 1. The van der Waals surface area contributed by atoms with E-state index in [9.17, 15) is 18.0 Å². The minimum absolute atomic E-state index is 0.281. The van der Waals surface area contributed by atoms with Crippen LogP contribution in [0.15, 0.2) is 48.7 Å². The van der Waals surface area contributed by atoms with Crippen LogP contribution in [0.5, 0.6) is 5.75 Å². The van der Waals surface area contributed by atoms with Crippen LogP contribution < -0.4 is 10.1 Å². The van der Waals surface area contributed by atoms with Crippen molar-refractivity contribution in [1.29, 1.82) is 0 Å². The van der Waals surface area contributed by atoms with E-state index in [2.05, 4.69) is 10.3 Å². The van der Waals surface area contributed by atoms with Crippen molar-refractivity contribution in [2.75, 3.05) is 11.9 Å². The Morgan fingerprint density at radius 1 is 1.15 bits per heavy atom. The van der Waals surface area contributed by atoms with Gasteiger partial charge in [-0.2, -0.15) is 13.2 Å². The van der Waals surface area contributed by atoms with Crippen LogP contribution in [-0.2, 0) is 12.6 Å². The molecule has 2 aromatic carbocycles. The Labute approximate surface area is 146 Å². The summed E-state index contributed by atoms with van der Waals surface area (Å²) in [6, 6.07) is 10.1. The van der Waals surface area contributed by atoms with E-state index in [1.54, 1.807) is 6.20 Å². The van der Waals surface area contributed by atoms with Gasteiger partial charge in [-0.15, -0.1) is 0 Å². The lowest BCUT2D eigenvalue weighted by Crippen LogP contribution is -2.06. The molecule has 0 fully saturated rings. The molecule has 1 amide bonds. The Hall–Kier alpha value is -3.16. The highest BCUT2D eigenvalue weighted by Crippen LogP contribution is 2.30. The highest BCUT2D eigenvalue weighted by atomic mass is 19.4. The van der Waals surface area contributed by atoms with Crippen LogP contribution in [0.25, 0.3) is 10.9 Å². The number of nitrogens with one attached hydrogen (secondary N) is 2. The molecule has 0 radical (unpaired) electrons. The molecular weight excluding hydrogens is 349 g/mol. The van der Waals surface area contributed by atoms with Crippen LogP contribution in [0.2, 0.25) is 0 Å². The Balaban J connectivity index is 1.63. The summed E-state index contributed by atoms with van der Waals surface area (Å²) in [7, 11) is 0. The standard InChI is InChI=1S/C18H15F3N2O3/c19-18(20,21)12-2-4-13(5-3-12)26-8-7-11-1-6-15-14(9-11)16(10-22-15)23-17(24)25/h1-6,9-10,22-23H,7-8H2,(H,24,25). The smallest absolute Gasteiger partial charge is 0.416 e. The maximum absolute atomic E-state index is 12.5. The summed E-state index contributed by atoms with van der Waals surface area (Å²) >= 11 is 0. The van der Waals surface area contributed by atoms with E-state index in [0.717, 1.165) is 28.6 Å². The number of benzene rings is 2. The average molecular weight is 364 g/mol. The molecule has 1 aromatic heterocycles. The molecule has 0 bridgehead atoms. The Bertz CT molecular complexity index is 918. The van der Waals surface area contributed by atoms with Crippen LogP contribution in [0.4, 0.5) is 23.7 Å². The van der Waals surface area contributed by atoms with Gasteiger partial charge < -0.3 is 14.8 Å². The van der Waals surface area contributed by atoms with Gasteiger partial charge >= 0.3 is 12.3 Å². The molecule has 136 valence electrons. The highest BCUT2D eigenvalue weighted by molar-refractivity contribution is 5.99. The predicted molar refractivity (Wildman–Crippen MR) is 90.6 cm³/mol. The summed E-state index contributed by atoms with van der Waals surface area (Å²) in [6.07, 6.45) is -3.43. The maximum Gasteiger partial charge on any atom is 0.416 e. The fourth-order valence-corrected chi connectivity index (χ4v) is 2.57. The van der Waals surface area contributed by atoms with Crippen molar-refractivity contribution < 1.29 is 27.8 Å². The number of H-pyrrole nitrogens is 1. The molecule has 5 nitrogen and oxygen atoms in total. The normalized spacial score (nSPS) is 11.5. The van der Waals surface area contributed by atoms with Crippen LogP contribution in [-0.4, -0.2) is 22.8 Å². The number of halogens is 3. The van der Waals surface area contributed by atoms with E-state index in [4.69, 9.17) is 9.84 Å². The molecule has 26 heavy (non-hydrogen) atoms. The lowest BCUT2D eigenvalue weighted by Gasteiger charge is -2.09. The van der Waals surface area contributed by atoms with Gasteiger partial charge in [0.1, 0.15) is 5.75 Å². The zero-order valence-corrected chi connectivity index (χ0v) is 13.4. The van der Waals surface area contributed by atoms with Gasteiger partial charge in [0.25, 0.3) is 0 Å². The number of carboxylic acid groups (broad SMARTS) is 1. The lowest BCUT2D eigenvalue weighted by molar-refractivity contribution is -0.137. The number of alkyl halides is 3. The largest absolute Gasteiger partial charge is 0.493 e. The van der Waals surface area contributed by atoms with E-state index in [0.29, 0.717) is 17.9 Å². The third-order valence-electron chi connectivity index (χ3n) is 3.83. The Kier molecular flexibility index (Phi) is 4.75. The average Bonchev–Trinajstić information content (AvgIpc) is 2.96. The number of aromatic nitrogens is 1. The number of rotatable bonds is 5. The molecule has 3 aromatic rings. The van der Waals surface area contributed by atoms with Crippen LogP contribution in [0.1, 0.15) is 11.1 Å². The number of amides is 1. The molecule has 0 saturated carbocycles. The van der Waals surface area contributed by atoms with E-state index in [1.807, 2.05) is 18.2 Å². The summed E-state index contributed by atoms with van der Waals surface area (Å²) in [5.41, 5.74) is 1.44. The topological polar surface area (TPSA) is 74.4 Å². The number of aromatic amines is 1. The van der Waals surface area contributed by atoms with Crippen LogP contribution in [0, 0.1) is 0 Å². The third kappa shape index (κ3) is 4.08. The van der Waals surface area contributed by atoms with Crippen molar-refractivity contribution in [3.8, 4) is 5.75 Å². The number of hydrogen-bond donors (Lipinski definition) is 3. The monoisotopic (exact) mass is 364 g/mol. The number of anilines is 1. The van der Waals surface area contributed by atoms with E-state index < -0.39 is 17.8 Å². The molecule has 8 heteroatoms. The first kappa shape index (κ1) is 17.7. The van der Waals surface area contributed by atoms with Gasteiger partial charge in [-0.1, -0.05) is 6.07 Å². The molecule has 0 aliphatic rings. The summed E-state index contributed by atoms with van der Waals surface area (Å²) in [5, 5.41) is 11.9. The second-order valence-corrected chi connectivity index (χ2v) is 5.63. The first-order valence-corrected chi connectivity index (χ1v) is 7.73. The predicted octanol–water partition coefficient (Wildman–Crippen LogP) is 4.90. The van der Waals surface area contributed by atoms with E-state index in [1.165, 1.54) is 12.1 Å². The molecule has 0 atom stereocenters. The van der Waals surface area contributed by atoms with Gasteiger partial charge in [0.15, 0.2) is 0 Å². The van der Waals surface area contributed by atoms with Gasteiger partial charge in [-0.3, -0.25) is 5.32 Å². The molecular formula is C18H15F3N2O3.